The topological polar surface area (TPSA) is 48.4 Å². The van der Waals surface area contributed by atoms with Crippen LogP contribution in [-0.4, -0.2) is 23.7 Å². The van der Waals surface area contributed by atoms with Crippen molar-refractivity contribution in [2.75, 3.05) is 6.61 Å². The van der Waals surface area contributed by atoms with Gasteiger partial charge in [-0.3, -0.25) is 4.98 Å². The quantitative estimate of drug-likeness (QED) is 0.606. The Labute approximate surface area is 122 Å². The molecule has 5 heteroatoms. The van der Waals surface area contributed by atoms with Crippen LogP contribution in [0, 0.1) is 5.82 Å². The van der Waals surface area contributed by atoms with Crippen molar-refractivity contribution in [2.45, 2.75) is 19.6 Å². The predicted octanol–water partition coefficient (Wildman–Crippen LogP) is 3.01. The van der Waals surface area contributed by atoms with Gasteiger partial charge < -0.3 is 9.47 Å². The molecule has 110 valence electrons. The van der Waals surface area contributed by atoms with Gasteiger partial charge >= 0.3 is 5.97 Å². The van der Waals surface area contributed by atoms with E-state index in [2.05, 4.69) is 11.6 Å². The zero-order chi connectivity index (χ0) is 15.2. The maximum Gasteiger partial charge on any atom is 0.335 e. The molecule has 0 aliphatic rings. The minimum absolute atomic E-state index is 0.0222. The highest BCUT2D eigenvalue weighted by Gasteiger charge is 2.15. The molecule has 2 rings (SSSR count). The number of benzene rings is 1. The number of nitrogens with zero attached hydrogens (tertiary/aromatic N) is 1. The number of carbonyl (C=O) groups is 1. The number of aromatic nitrogens is 1. The second kappa shape index (κ2) is 6.95. The minimum atomic E-state index is -0.678. The molecule has 1 atom stereocenters. The van der Waals surface area contributed by atoms with Crippen molar-refractivity contribution in [3.8, 4) is 0 Å². The Balaban J connectivity index is 2.09. The first-order valence-corrected chi connectivity index (χ1v) is 6.54. The van der Waals surface area contributed by atoms with Crippen molar-refractivity contribution in [3.05, 3.63) is 54.5 Å². The third-order valence-electron chi connectivity index (χ3n) is 2.97. The fourth-order valence-corrected chi connectivity index (χ4v) is 1.86. The molecule has 0 saturated carbocycles. The molecule has 2 aromatic rings. The highest BCUT2D eigenvalue weighted by Crippen LogP contribution is 2.20. The summed E-state index contributed by atoms with van der Waals surface area (Å²) in [6.07, 6.45) is 2.45. The van der Waals surface area contributed by atoms with E-state index in [0.717, 1.165) is 0 Å². The second-order valence-electron chi connectivity index (χ2n) is 4.48. The van der Waals surface area contributed by atoms with Crippen molar-refractivity contribution in [2.24, 2.45) is 0 Å². The van der Waals surface area contributed by atoms with Gasteiger partial charge in [0.05, 0.1) is 12.1 Å². The Morgan fingerprint density at radius 2 is 2.29 bits per heavy atom. The molecule has 0 amide bonds. The van der Waals surface area contributed by atoms with Gasteiger partial charge in [-0.25, -0.2) is 9.18 Å². The average molecular weight is 289 g/mol. The molecule has 1 aromatic heterocycles. The van der Waals surface area contributed by atoms with Crippen LogP contribution in [0.5, 0.6) is 0 Å². The molecule has 1 heterocycles. The van der Waals surface area contributed by atoms with Crippen LogP contribution in [0.15, 0.2) is 43.1 Å². The van der Waals surface area contributed by atoms with Crippen molar-refractivity contribution in [3.63, 3.8) is 0 Å². The van der Waals surface area contributed by atoms with Gasteiger partial charge in [0, 0.05) is 17.1 Å². The fraction of sp³-hybridized carbons (Fsp3) is 0.250. The van der Waals surface area contributed by atoms with Crippen LogP contribution in [0.4, 0.5) is 4.39 Å². The van der Waals surface area contributed by atoms with Gasteiger partial charge in [-0.15, -0.1) is 6.58 Å². The number of rotatable bonds is 6. The molecule has 1 unspecified atom stereocenters. The third-order valence-corrected chi connectivity index (χ3v) is 2.97. The first-order valence-electron chi connectivity index (χ1n) is 6.54. The van der Waals surface area contributed by atoms with Gasteiger partial charge in [0.1, 0.15) is 12.4 Å². The van der Waals surface area contributed by atoms with E-state index < -0.39 is 12.1 Å². The van der Waals surface area contributed by atoms with E-state index in [4.69, 9.17) is 9.47 Å². The van der Waals surface area contributed by atoms with Crippen LogP contribution >= 0.6 is 0 Å². The third kappa shape index (κ3) is 3.64. The number of ether oxygens (including phenoxy) is 2. The number of esters is 1. The van der Waals surface area contributed by atoms with E-state index >= 15 is 0 Å². The van der Waals surface area contributed by atoms with Gasteiger partial charge in [-0.2, -0.15) is 0 Å². The summed E-state index contributed by atoms with van der Waals surface area (Å²) in [5, 5.41) is 0.405. The molecule has 0 spiro atoms. The normalized spacial score (nSPS) is 12.1. The molecule has 4 nitrogen and oxygen atoms in total. The summed E-state index contributed by atoms with van der Waals surface area (Å²) in [7, 11) is 0. The molecule has 0 saturated heterocycles. The monoisotopic (exact) mass is 289 g/mol. The molecular formula is C16H16FNO3. The number of fused-ring (bicyclic) bond motifs is 1. The summed E-state index contributed by atoms with van der Waals surface area (Å²) in [5.74, 6) is -0.832. The Kier molecular flexibility index (Phi) is 5.00. The number of hydrogen-bond acceptors (Lipinski definition) is 4. The zero-order valence-corrected chi connectivity index (χ0v) is 11.7. The van der Waals surface area contributed by atoms with E-state index in [0.29, 0.717) is 16.5 Å². The molecule has 0 aliphatic carbocycles. The summed E-state index contributed by atoms with van der Waals surface area (Å²) in [4.78, 5) is 15.9. The van der Waals surface area contributed by atoms with E-state index in [1.807, 2.05) is 0 Å². The van der Waals surface area contributed by atoms with Crippen molar-refractivity contribution < 1.29 is 18.7 Å². The summed E-state index contributed by atoms with van der Waals surface area (Å²) in [5.41, 5.74) is 1.14. The smallest absolute Gasteiger partial charge is 0.335 e. The van der Waals surface area contributed by atoms with E-state index in [1.54, 1.807) is 37.4 Å². The van der Waals surface area contributed by atoms with Gasteiger partial charge in [0.15, 0.2) is 6.10 Å². The van der Waals surface area contributed by atoms with Gasteiger partial charge in [-0.1, -0.05) is 12.1 Å². The molecule has 0 fully saturated rings. The van der Waals surface area contributed by atoms with Crippen LogP contribution in [0.2, 0.25) is 0 Å². The Hall–Kier alpha value is -2.27. The molecular weight excluding hydrogens is 273 g/mol. The van der Waals surface area contributed by atoms with Crippen LogP contribution < -0.4 is 0 Å². The highest BCUT2D eigenvalue weighted by molar-refractivity contribution is 5.82. The number of pyridine rings is 1. The SMILES string of the molecule is C=CCOC(C)C(=O)OCc1ccc(F)c2cccnc12. The predicted molar refractivity (Wildman–Crippen MR) is 77.1 cm³/mol. The second-order valence-corrected chi connectivity index (χ2v) is 4.48. The molecule has 0 bridgehead atoms. The Morgan fingerprint density at radius 1 is 1.48 bits per heavy atom. The fourth-order valence-electron chi connectivity index (χ4n) is 1.86. The Bertz CT molecular complexity index is 657. The maximum absolute atomic E-state index is 13.7. The molecule has 21 heavy (non-hydrogen) atoms. The van der Waals surface area contributed by atoms with E-state index in [1.165, 1.54) is 6.07 Å². The lowest BCUT2D eigenvalue weighted by atomic mass is 10.1. The number of carbonyl (C=O) groups excluding carboxylic acids is 1. The first-order chi connectivity index (χ1) is 10.1. The molecule has 0 N–H and O–H groups in total. The largest absolute Gasteiger partial charge is 0.459 e. The maximum atomic E-state index is 13.7. The first kappa shape index (κ1) is 15.1. The number of hydrogen-bond donors (Lipinski definition) is 0. The van der Waals surface area contributed by atoms with Crippen LogP contribution in [0.3, 0.4) is 0 Å². The van der Waals surface area contributed by atoms with Crippen molar-refractivity contribution in [1.29, 1.82) is 0 Å². The van der Waals surface area contributed by atoms with Gasteiger partial charge in [0.25, 0.3) is 0 Å². The van der Waals surface area contributed by atoms with Gasteiger partial charge in [0.2, 0.25) is 0 Å². The summed E-state index contributed by atoms with van der Waals surface area (Å²) < 4.78 is 24.0. The van der Waals surface area contributed by atoms with E-state index in [9.17, 15) is 9.18 Å². The molecule has 0 radical (unpaired) electrons. The van der Waals surface area contributed by atoms with Crippen molar-refractivity contribution >= 4 is 16.9 Å². The number of halogens is 1. The molecule has 0 aliphatic heterocycles. The lowest BCUT2D eigenvalue weighted by molar-refractivity contribution is -0.156. The van der Waals surface area contributed by atoms with E-state index in [-0.39, 0.29) is 19.0 Å². The lowest BCUT2D eigenvalue weighted by Crippen LogP contribution is -2.23. The summed E-state index contributed by atoms with van der Waals surface area (Å²) in [6, 6.07) is 6.20. The van der Waals surface area contributed by atoms with Crippen LogP contribution in [0.1, 0.15) is 12.5 Å². The van der Waals surface area contributed by atoms with Crippen molar-refractivity contribution in [1.82, 2.24) is 4.98 Å². The average Bonchev–Trinajstić information content (AvgIpc) is 2.52. The molecule has 1 aromatic carbocycles. The van der Waals surface area contributed by atoms with Crippen LogP contribution in [0.25, 0.3) is 10.9 Å². The van der Waals surface area contributed by atoms with Gasteiger partial charge in [-0.05, 0) is 25.1 Å². The summed E-state index contributed by atoms with van der Waals surface area (Å²) in [6.45, 7) is 5.41. The summed E-state index contributed by atoms with van der Waals surface area (Å²) >= 11 is 0. The Morgan fingerprint density at radius 3 is 3.05 bits per heavy atom. The highest BCUT2D eigenvalue weighted by atomic mass is 19.1. The lowest BCUT2D eigenvalue weighted by Gasteiger charge is -2.12. The van der Waals surface area contributed by atoms with Crippen LogP contribution in [-0.2, 0) is 20.9 Å². The standard InChI is InChI=1S/C16H16FNO3/c1-3-9-20-11(2)16(19)21-10-12-6-7-14(17)13-5-4-8-18-15(12)13/h3-8,11H,1,9-10H2,2H3. The minimum Gasteiger partial charge on any atom is -0.459 e. The zero-order valence-electron chi connectivity index (χ0n) is 11.7.